The Morgan fingerprint density at radius 3 is 2.59 bits per heavy atom. The molecule has 1 saturated carbocycles. The molecule has 180 valence electrons. The number of unbranched alkanes of at least 4 members (excludes halogenated alkanes) is 1. The Balaban J connectivity index is 1.99. The number of aliphatic hydroxyl groups is 2. The smallest absolute Gasteiger partial charge is 0.307 e. The topological polar surface area (TPSA) is 93.1 Å². The van der Waals surface area contributed by atoms with Gasteiger partial charge < -0.3 is 19.7 Å². The first-order valence-electron chi connectivity index (χ1n) is 12.0. The van der Waals surface area contributed by atoms with Gasteiger partial charge >= 0.3 is 11.9 Å². The van der Waals surface area contributed by atoms with Crippen LogP contribution >= 0.6 is 0 Å². The van der Waals surface area contributed by atoms with Crippen LogP contribution in [0.1, 0.15) is 84.5 Å². The van der Waals surface area contributed by atoms with Crippen molar-refractivity contribution in [3.05, 3.63) is 35.6 Å². The fourth-order valence-corrected chi connectivity index (χ4v) is 4.92. The fraction of sp³-hybridized carbons (Fsp3) is 0.692. The maximum atomic E-state index is 11.5. The Labute approximate surface area is 192 Å². The molecule has 2 aliphatic rings. The second-order valence-electron chi connectivity index (χ2n) is 9.13. The number of ether oxygens (including phenoxy) is 2. The minimum absolute atomic E-state index is 0.0574. The minimum atomic E-state index is -0.645. The highest BCUT2D eigenvalue weighted by molar-refractivity contribution is 5.69. The highest BCUT2D eigenvalue weighted by Crippen LogP contribution is 2.48. The van der Waals surface area contributed by atoms with Crippen LogP contribution < -0.4 is 0 Å². The van der Waals surface area contributed by atoms with Crippen molar-refractivity contribution in [3.8, 4) is 0 Å². The summed E-state index contributed by atoms with van der Waals surface area (Å²) in [6, 6.07) is 0. The van der Waals surface area contributed by atoms with E-state index in [1.54, 1.807) is 0 Å². The van der Waals surface area contributed by atoms with E-state index in [9.17, 15) is 19.8 Å². The van der Waals surface area contributed by atoms with E-state index in [1.807, 2.05) is 24.3 Å². The molecule has 0 aliphatic heterocycles. The number of esters is 2. The van der Waals surface area contributed by atoms with Crippen LogP contribution in [0.5, 0.6) is 0 Å². The van der Waals surface area contributed by atoms with E-state index < -0.39 is 12.1 Å². The van der Waals surface area contributed by atoms with E-state index >= 15 is 0 Å². The number of methoxy groups -OCH3 is 1. The minimum Gasteiger partial charge on any atom is -0.469 e. The molecule has 32 heavy (non-hydrogen) atoms. The molecule has 0 saturated heterocycles. The SMILES string of the molecule is CCCC1(C(O)CC=C[C@@H]2C(CC=CCCCC(=O)OC)=C(OC(C)=O)C[C@H]2O)CCC1. The van der Waals surface area contributed by atoms with Crippen molar-refractivity contribution < 1.29 is 29.3 Å². The van der Waals surface area contributed by atoms with Crippen molar-refractivity contribution in [2.24, 2.45) is 11.3 Å². The van der Waals surface area contributed by atoms with Crippen molar-refractivity contribution in [3.63, 3.8) is 0 Å². The summed E-state index contributed by atoms with van der Waals surface area (Å²) in [7, 11) is 1.38. The average Bonchev–Trinajstić information content (AvgIpc) is 3.00. The average molecular weight is 449 g/mol. The van der Waals surface area contributed by atoms with Gasteiger partial charge in [0.05, 0.1) is 19.3 Å². The van der Waals surface area contributed by atoms with Crippen LogP contribution in [0.15, 0.2) is 35.6 Å². The molecule has 0 heterocycles. The van der Waals surface area contributed by atoms with Gasteiger partial charge in [-0.2, -0.15) is 0 Å². The number of hydrogen-bond donors (Lipinski definition) is 2. The van der Waals surface area contributed by atoms with Gasteiger partial charge in [0.25, 0.3) is 0 Å². The maximum absolute atomic E-state index is 11.5. The molecule has 0 bridgehead atoms. The van der Waals surface area contributed by atoms with E-state index in [2.05, 4.69) is 11.7 Å². The molecular weight excluding hydrogens is 408 g/mol. The molecule has 0 amide bonds. The van der Waals surface area contributed by atoms with Gasteiger partial charge in [0.1, 0.15) is 5.76 Å². The van der Waals surface area contributed by atoms with Gasteiger partial charge in [0, 0.05) is 25.7 Å². The summed E-state index contributed by atoms with van der Waals surface area (Å²) in [5.74, 6) is -0.300. The second-order valence-corrected chi connectivity index (χ2v) is 9.13. The second kappa shape index (κ2) is 12.9. The summed E-state index contributed by atoms with van der Waals surface area (Å²) in [4.78, 5) is 22.7. The summed E-state index contributed by atoms with van der Waals surface area (Å²) >= 11 is 0. The van der Waals surface area contributed by atoms with E-state index in [4.69, 9.17) is 4.74 Å². The molecule has 0 aromatic heterocycles. The molecule has 2 rings (SSSR count). The third kappa shape index (κ3) is 7.31. The molecule has 0 radical (unpaired) electrons. The number of allylic oxidation sites excluding steroid dienone is 2. The molecule has 6 heteroatoms. The van der Waals surface area contributed by atoms with Gasteiger partial charge in [-0.3, -0.25) is 9.59 Å². The van der Waals surface area contributed by atoms with E-state index in [-0.39, 0.29) is 23.4 Å². The lowest BCUT2D eigenvalue weighted by Crippen LogP contribution is -2.41. The molecule has 2 N–H and O–H groups in total. The molecule has 0 spiro atoms. The summed E-state index contributed by atoms with van der Waals surface area (Å²) < 4.78 is 10.0. The summed E-state index contributed by atoms with van der Waals surface area (Å²) in [5.41, 5.74) is 0.955. The van der Waals surface area contributed by atoms with Crippen LogP contribution in [0.4, 0.5) is 0 Å². The molecule has 3 atom stereocenters. The van der Waals surface area contributed by atoms with Crippen molar-refractivity contribution >= 4 is 11.9 Å². The Morgan fingerprint density at radius 1 is 1.25 bits per heavy atom. The normalized spacial score (nSPS) is 23.5. The van der Waals surface area contributed by atoms with E-state index in [0.29, 0.717) is 37.9 Å². The van der Waals surface area contributed by atoms with Crippen LogP contribution in [-0.2, 0) is 19.1 Å². The first kappa shape index (κ1) is 26.3. The van der Waals surface area contributed by atoms with Gasteiger partial charge in [-0.15, -0.1) is 0 Å². The quantitative estimate of drug-likeness (QED) is 0.240. The monoisotopic (exact) mass is 448 g/mol. The molecule has 6 nitrogen and oxygen atoms in total. The van der Waals surface area contributed by atoms with Crippen LogP contribution in [-0.4, -0.2) is 41.5 Å². The van der Waals surface area contributed by atoms with E-state index in [0.717, 1.165) is 37.7 Å². The molecular formula is C26H40O6. The Hall–Kier alpha value is -1.92. The number of carbonyl (C=O) groups is 2. The molecule has 1 unspecified atom stereocenters. The third-order valence-corrected chi connectivity index (χ3v) is 6.83. The van der Waals surface area contributed by atoms with Gasteiger partial charge in [-0.1, -0.05) is 44.1 Å². The van der Waals surface area contributed by atoms with Crippen LogP contribution in [0.25, 0.3) is 0 Å². The predicted octanol–water partition coefficient (Wildman–Crippen LogP) is 4.75. The summed E-state index contributed by atoms with van der Waals surface area (Å²) in [6.07, 6.45) is 15.7. The first-order valence-corrected chi connectivity index (χ1v) is 12.0. The third-order valence-electron chi connectivity index (χ3n) is 6.83. The predicted molar refractivity (Wildman–Crippen MR) is 123 cm³/mol. The Morgan fingerprint density at radius 2 is 2.00 bits per heavy atom. The van der Waals surface area contributed by atoms with Gasteiger partial charge in [0.2, 0.25) is 0 Å². The van der Waals surface area contributed by atoms with Crippen LogP contribution in [0.3, 0.4) is 0 Å². The zero-order chi connectivity index (χ0) is 23.6. The molecule has 0 aromatic carbocycles. The molecule has 0 aromatic rings. The Bertz CT molecular complexity index is 716. The standard InChI is InChI=1S/C26H40O6/c1-4-15-26(16-10-17-26)24(29)13-9-12-20-21(23(18-22(20)28)32-19(2)27)11-7-5-6-8-14-25(30)31-3/h5,7,9,12,20,22,24,28-29H,4,6,8,10-11,13-18H2,1-3H3/t20-,22-,24?/m1/s1. The number of hydrogen-bond acceptors (Lipinski definition) is 6. The summed E-state index contributed by atoms with van der Waals surface area (Å²) in [6.45, 7) is 3.53. The highest BCUT2D eigenvalue weighted by atomic mass is 16.5. The zero-order valence-corrected chi connectivity index (χ0v) is 19.8. The molecule has 1 fully saturated rings. The lowest BCUT2D eigenvalue weighted by Gasteiger charge is -2.45. The Kier molecular flexibility index (Phi) is 10.7. The van der Waals surface area contributed by atoms with Crippen LogP contribution in [0, 0.1) is 11.3 Å². The summed E-state index contributed by atoms with van der Waals surface area (Å²) in [5, 5.41) is 21.4. The van der Waals surface area contributed by atoms with E-state index in [1.165, 1.54) is 20.5 Å². The lowest BCUT2D eigenvalue weighted by atomic mass is 9.62. The van der Waals surface area contributed by atoms with Crippen molar-refractivity contribution in [1.82, 2.24) is 0 Å². The van der Waals surface area contributed by atoms with Gasteiger partial charge in [-0.25, -0.2) is 0 Å². The van der Waals surface area contributed by atoms with Crippen molar-refractivity contribution in [2.45, 2.75) is 96.7 Å². The van der Waals surface area contributed by atoms with Crippen LogP contribution in [0.2, 0.25) is 0 Å². The highest BCUT2D eigenvalue weighted by Gasteiger charge is 2.41. The lowest BCUT2D eigenvalue weighted by molar-refractivity contribution is -0.140. The number of rotatable bonds is 13. The fourth-order valence-electron chi connectivity index (χ4n) is 4.92. The van der Waals surface area contributed by atoms with Crippen molar-refractivity contribution in [2.75, 3.05) is 7.11 Å². The zero-order valence-electron chi connectivity index (χ0n) is 19.8. The molecule has 2 aliphatic carbocycles. The maximum Gasteiger partial charge on any atom is 0.307 e. The number of carbonyl (C=O) groups excluding carboxylic acids is 2. The van der Waals surface area contributed by atoms with Gasteiger partial charge in [0.15, 0.2) is 0 Å². The first-order chi connectivity index (χ1) is 15.3. The van der Waals surface area contributed by atoms with Gasteiger partial charge in [-0.05, 0) is 55.9 Å². The number of aliphatic hydroxyl groups excluding tert-OH is 2. The largest absolute Gasteiger partial charge is 0.469 e. The van der Waals surface area contributed by atoms with Crippen molar-refractivity contribution in [1.29, 1.82) is 0 Å².